The van der Waals surface area contributed by atoms with Crippen molar-refractivity contribution in [3.63, 3.8) is 0 Å². The van der Waals surface area contributed by atoms with Gasteiger partial charge in [-0.2, -0.15) is 0 Å². The molecule has 1 atom stereocenters. The Morgan fingerprint density at radius 3 is 2.82 bits per heavy atom. The number of alkyl halides is 2. The van der Waals surface area contributed by atoms with E-state index >= 15 is 0 Å². The number of anilines is 2. The van der Waals surface area contributed by atoms with Gasteiger partial charge in [-0.3, -0.25) is 4.79 Å². The molecule has 1 fully saturated rings. The Labute approximate surface area is 127 Å². The maximum atomic E-state index is 13.7. The van der Waals surface area contributed by atoms with E-state index in [2.05, 4.69) is 15.5 Å². The molecule has 1 aromatic heterocycles. The Bertz CT molecular complexity index is 661. The van der Waals surface area contributed by atoms with Crippen molar-refractivity contribution < 1.29 is 23.5 Å². The molecule has 3 rings (SSSR count). The van der Waals surface area contributed by atoms with Crippen molar-refractivity contribution in [2.24, 2.45) is 0 Å². The fourth-order valence-electron chi connectivity index (χ4n) is 2.72. The van der Waals surface area contributed by atoms with Crippen LogP contribution in [-0.4, -0.2) is 63.8 Å². The molecule has 1 saturated heterocycles. The van der Waals surface area contributed by atoms with E-state index in [9.17, 15) is 18.4 Å². The third-order valence-corrected chi connectivity index (χ3v) is 3.98. The highest BCUT2D eigenvalue weighted by Gasteiger charge is 2.59. The third kappa shape index (κ3) is 1.94. The largest absolute Gasteiger partial charge is 0.465 e. The predicted molar refractivity (Wildman–Crippen MR) is 71.4 cm³/mol. The Kier molecular flexibility index (Phi) is 3.28. The van der Waals surface area contributed by atoms with Crippen LogP contribution in [-0.2, 0) is 4.79 Å². The molecule has 22 heavy (non-hydrogen) atoms. The van der Waals surface area contributed by atoms with Crippen LogP contribution < -0.4 is 10.2 Å². The Morgan fingerprint density at radius 2 is 2.18 bits per heavy atom. The lowest BCUT2D eigenvalue weighted by Gasteiger charge is -2.51. The minimum Gasteiger partial charge on any atom is -0.465 e. The molecule has 118 valence electrons. The highest BCUT2D eigenvalue weighted by molar-refractivity contribution is 6.29. The lowest BCUT2D eigenvalue weighted by Crippen LogP contribution is -2.73. The summed E-state index contributed by atoms with van der Waals surface area (Å²) in [5.41, 5.74) is -2.11. The van der Waals surface area contributed by atoms with E-state index in [0.29, 0.717) is 0 Å². The number of carbonyl (C=O) groups excluding carboxylic acids is 1. The zero-order valence-corrected chi connectivity index (χ0v) is 11.7. The van der Waals surface area contributed by atoms with Gasteiger partial charge in [0, 0.05) is 19.2 Å². The van der Waals surface area contributed by atoms with Gasteiger partial charge in [0.2, 0.25) is 0 Å². The summed E-state index contributed by atoms with van der Waals surface area (Å²) in [7, 11) is 0. The Morgan fingerprint density at radius 1 is 1.45 bits per heavy atom. The van der Waals surface area contributed by atoms with Crippen molar-refractivity contribution in [2.45, 2.75) is 12.0 Å². The van der Waals surface area contributed by atoms with E-state index in [1.165, 1.54) is 6.07 Å². The summed E-state index contributed by atoms with van der Waals surface area (Å²) < 4.78 is 27.5. The predicted octanol–water partition coefficient (Wildman–Crippen LogP) is 0.886. The van der Waals surface area contributed by atoms with Gasteiger partial charge in [-0.15, -0.1) is 10.2 Å². The second kappa shape index (κ2) is 4.90. The van der Waals surface area contributed by atoms with E-state index in [-0.39, 0.29) is 29.7 Å². The van der Waals surface area contributed by atoms with Crippen LogP contribution in [0.5, 0.6) is 0 Å². The monoisotopic (exact) mass is 333 g/mol. The van der Waals surface area contributed by atoms with E-state index in [0.717, 1.165) is 9.80 Å². The molecule has 0 spiro atoms. The molecule has 1 aromatic rings. The molecule has 3 heterocycles. The number of nitrogens with zero attached hydrogens (tertiary/aromatic N) is 4. The summed E-state index contributed by atoms with van der Waals surface area (Å²) in [5, 5.41) is 18.5. The standard InChI is InChI=1S/C11H10ClF2N5O3/c12-6-3-5-7(17-16-6)15-9(20)11(8(13)14)4-18(10(21)22)1-2-19(5)11/h3,8H,1-2,4H2,(H,21,22)(H,15,17,20)/t11-/m1/s1. The number of nitrogens with one attached hydrogen (secondary N) is 1. The number of aromatic nitrogens is 2. The van der Waals surface area contributed by atoms with Crippen molar-refractivity contribution >= 4 is 35.1 Å². The van der Waals surface area contributed by atoms with E-state index in [1.807, 2.05) is 0 Å². The number of fused-ring (bicyclic) bond motifs is 3. The lowest BCUT2D eigenvalue weighted by molar-refractivity contribution is -0.129. The first-order valence-electron chi connectivity index (χ1n) is 6.24. The smallest absolute Gasteiger partial charge is 0.407 e. The van der Waals surface area contributed by atoms with Gasteiger partial charge in [0.25, 0.3) is 12.3 Å². The van der Waals surface area contributed by atoms with Crippen molar-refractivity contribution in [2.75, 3.05) is 29.9 Å². The van der Waals surface area contributed by atoms with Gasteiger partial charge in [-0.05, 0) is 0 Å². The van der Waals surface area contributed by atoms with E-state index < -0.39 is 30.5 Å². The number of hydrogen-bond donors (Lipinski definition) is 2. The number of amides is 2. The molecule has 2 aliphatic heterocycles. The summed E-state index contributed by atoms with van der Waals surface area (Å²) in [6.45, 7) is -0.749. The number of carboxylic acid groups (broad SMARTS) is 1. The van der Waals surface area contributed by atoms with Crippen LogP contribution in [0.3, 0.4) is 0 Å². The maximum Gasteiger partial charge on any atom is 0.407 e. The van der Waals surface area contributed by atoms with E-state index in [1.54, 1.807) is 0 Å². The van der Waals surface area contributed by atoms with Gasteiger partial charge in [-0.1, -0.05) is 11.6 Å². The van der Waals surface area contributed by atoms with Crippen molar-refractivity contribution in [3.05, 3.63) is 11.2 Å². The van der Waals surface area contributed by atoms with Gasteiger partial charge in [0.05, 0.1) is 12.2 Å². The van der Waals surface area contributed by atoms with Crippen LogP contribution in [0.2, 0.25) is 5.15 Å². The van der Waals surface area contributed by atoms with Crippen LogP contribution in [0, 0.1) is 0 Å². The number of rotatable bonds is 1. The number of piperazine rings is 1. The van der Waals surface area contributed by atoms with Crippen LogP contribution in [0.25, 0.3) is 0 Å². The molecule has 2 amide bonds. The fraction of sp³-hybridized carbons (Fsp3) is 0.455. The van der Waals surface area contributed by atoms with Gasteiger partial charge in [0.15, 0.2) is 16.5 Å². The first-order valence-corrected chi connectivity index (χ1v) is 6.62. The summed E-state index contributed by atoms with van der Waals surface area (Å²) >= 11 is 5.74. The maximum absolute atomic E-state index is 13.7. The van der Waals surface area contributed by atoms with Crippen molar-refractivity contribution in [3.8, 4) is 0 Å². The Hall–Kier alpha value is -2.23. The molecule has 0 saturated carbocycles. The third-order valence-electron chi connectivity index (χ3n) is 3.80. The molecular formula is C11H10ClF2N5O3. The van der Waals surface area contributed by atoms with Crippen LogP contribution in [0.1, 0.15) is 0 Å². The highest BCUT2D eigenvalue weighted by Crippen LogP contribution is 2.41. The molecule has 0 radical (unpaired) electrons. The minimum atomic E-state index is -3.10. The van der Waals surface area contributed by atoms with Crippen molar-refractivity contribution in [1.29, 1.82) is 0 Å². The number of carbonyl (C=O) groups is 2. The van der Waals surface area contributed by atoms with Gasteiger partial charge in [-0.25, -0.2) is 13.6 Å². The average Bonchev–Trinajstić information content (AvgIpc) is 2.47. The zero-order chi connectivity index (χ0) is 16.1. The molecule has 2 aliphatic rings. The van der Waals surface area contributed by atoms with Crippen LogP contribution in [0.4, 0.5) is 25.1 Å². The highest BCUT2D eigenvalue weighted by atomic mass is 35.5. The molecular weight excluding hydrogens is 324 g/mol. The SMILES string of the molecule is O=C(O)N1CCN2c3cc(Cl)nnc3NC(=O)[C@]2(C(F)F)C1. The molecule has 2 N–H and O–H groups in total. The summed E-state index contributed by atoms with van der Waals surface area (Å²) in [6, 6.07) is 1.32. The molecule has 8 nitrogen and oxygen atoms in total. The summed E-state index contributed by atoms with van der Waals surface area (Å²) in [4.78, 5) is 25.3. The van der Waals surface area contributed by atoms with E-state index in [4.69, 9.17) is 16.7 Å². The molecule has 0 bridgehead atoms. The second-order valence-electron chi connectivity index (χ2n) is 4.94. The lowest BCUT2D eigenvalue weighted by atomic mass is 9.90. The average molecular weight is 334 g/mol. The number of hydrogen-bond acceptors (Lipinski definition) is 5. The molecule has 0 unspecified atom stereocenters. The van der Waals surface area contributed by atoms with Crippen LogP contribution in [0.15, 0.2) is 6.07 Å². The quantitative estimate of drug-likeness (QED) is 0.792. The topological polar surface area (TPSA) is 98.7 Å². The minimum absolute atomic E-state index is 0.0151. The van der Waals surface area contributed by atoms with Crippen LogP contribution >= 0.6 is 11.6 Å². The second-order valence-corrected chi connectivity index (χ2v) is 5.32. The number of halogens is 3. The fourth-order valence-corrected chi connectivity index (χ4v) is 2.87. The molecule has 0 aliphatic carbocycles. The zero-order valence-electron chi connectivity index (χ0n) is 11.0. The first-order chi connectivity index (χ1) is 10.4. The van der Waals surface area contributed by atoms with Gasteiger partial charge in [0.1, 0.15) is 0 Å². The Balaban J connectivity index is 2.12. The normalized spacial score (nSPS) is 23.9. The molecule has 0 aromatic carbocycles. The summed E-state index contributed by atoms with van der Waals surface area (Å²) in [6.07, 6.45) is -4.46. The summed E-state index contributed by atoms with van der Waals surface area (Å²) in [5.74, 6) is -0.993. The van der Waals surface area contributed by atoms with Gasteiger partial charge >= 0.3 is 6.09 Å². The first kappa shape index (κ1) is 14.7. The van der Waals surface area contributed by atoms with Gasteiger partial charge < -0.3 is 20.2 Å². The molecule has 11 heteroatoms. The van der Waals surface area contributed by atoms with Crippen molar-refractivity contribution in [1.82, 2.24) is 15.1 Å².